The van der Waals surface area contributed by atoms with Gasteiger partial charge >= 0.3 is 0 Å². The van der Waals surface area contributed by atoms with Crippen LogP contribution in [0.5, 0.6) is 5.75 Å². The molecule has 0 unspecified atom stereocenters. The molecule has 4 rings (SSSR count). The summed E-state index contributed by atoms with van der Waals surface area (Å²) in [7, 11) is 0. The molecule has 2 heterocycles. The molecule has 1 fully saturated rings. The highest BCUT2D eigenvalue weighted by atomic mass is 16.5. The molecule has 1 saturated heterocycles. The molecule has 0 bridgehead atoms. The fourth-order valence-corrected chi connectivity index (χ4v) is 3.19. The molecule has 0 aliphatic carbocycles. The molecule has 140 valence electrons. The summed E-state index contributed by atoms with van der Waals surface area (Å²) in [5.41, 5.74) is 8.53. The number of carbonyl (C=O) groups excluding carboxylic acids is 1. The van der Waals surface area contributed by atoms with Crippen LogP contribution in [0.2, 0.25) is 0 Å². The van der Waals surface area contributed by atoms with E-state index in [9.17, 15) is 4.79 Å². The molecular weight excluding hydrogens is 344 g/mol. The van der Waals surface area contributed by atoms with Crippen LogP contribution in [0, 0.1) is 0 Å². The summed E-state index contributed by atoms with van der Waals surface area (Å²) in [5, 5.41) is 0. The first-order chi connectivity index (χ1) is 13.2. The Hall–Kier alpha value is -2.90. The van der Waals surface area contributed by atoms with Crippen molar-refractivity contribution in [2.24, 2.45) is 5.73 Å². The zero-order chi connectivity index (χ0) is 18.6. The van der Waals surface area contributed by atoms with E-state index in [0.29, 0.717) is 12.2 Å². The standard InChI is InChI=1S/C20H22N4O3/c21-20(25)15-1-3-16(4-2-15)24-14-22-18-13-17(5-6-19(18)24)27-12-9-23-7-10-26-11-8-23/h1-6,13-14H,7-12H2,(H2,21,25). The Bertz CT molecular complexity index is 930. The van der Waals surface area contributed by atoms with Crippen LogP contribution in [0.15, 0.2) is 48.8 Å². The monoisotopic (exact) mass is 366 g/mol. The Balaban J connectivity index is 1.45. The number of ether oxygens (including phenoxy) is 2. The molecule has 1 aliphatic rings. The van der Waals surface area contributed by atoms with Crippen LogP contribution in [-0.2, 0) is 4.74 Å². The van der Waals surface area contributed by atoms with Gasteiger partial charge in [0.05, 0.1) is 24.2 Å². The third-order valence-corrected chi connectivity index (χ3v) is 4.73. The number of amides is 1. The lowest BCUT2D eigenvalue weighted by molar-refractivity contribution is 0.0322. The predicted octanol–water partition coefficient (Wildman–Crippen LogP) is 1.84. The van der Waals surface area contributed by atoms with E-state index < -0.39 is 5.91 Å². The van der Waals surface area contributed by atoms with E-state index in [4.69, 9.17) is 15.2 Å². The normalized spacial score (nSPS) is 15.1. The summed E-state index contributed by atoms with van der Waals surface area (Å²) in [6, 6.07) is 13.0. The maximum absolute atomic E-state index is 11.2. The first kappa shape index (κ1) is 17.5. The molecule has 7 nitrogen and oxygen atoms in total. The Morgan fingerprint density at radius 1 is 1.15 bits per heavy atom. The SMILES string of the molecule is NC(=O)c1ccc(-n2cnc3cc(OCCN4CCOCC4)ccc32)cc1. The van der Waals surface area contributed by atoms with Crippen molar-refractivity contribution in [1.82, 2.24) is 14.5 Å². The molecule has 0 spiro atoms. The number of nitrogens with zero attached hydrogens (tertiary/aromatic N) is 3. The van der Waals surface area contributed by atoms with E-state index in [2.05, 4.69) is 9.88 Å². The van der Waals surface area contributed by atoms with Crippen LogP contribution in [-0.4, -0.2) is 59.8 Å². The zero-order valence-corrected chi connectivity index (χ0v) is 15.0. The second-order valence-electron chi connectivity index (χ2n) is 6.48. The van der Waals surface area contributed by atoms with E-state index in [-0.39, 0.29) is 0 Å². The Labute approximate surface area is 157 Å². The van der Waals surface area contributed by atoms with Gasteiger partial charge in [0, 0.05) is 37.0 Å². The lowest BCUT2D eigenvalue weighted by Gasteiger charge is -2.26. The van der Waals surface area contributed by atoms with Gasteiger partial charge in [-0.3, -0.25) is 14.3 Å². The van der Waals surface area contributed by atoms with Gasteiger partial charge in [-0.15, -0.1) is 0 Å². The summed E-state index contributed by atoms with van der Waals surface area (Å²) < 4.78 is 13.2. The molecule has 3 aromatic rings. The lowest BCUT2D eigenvalue weighted by atomic mass is 10.2. The van der Waals surface area contributed by atoms with Crippen molar-refractivity contribution in [1.29, 1.82) is 0 Å². The van der Waals surface area contributed by atoms with Gasteiger partial charge in [0.25, 0.3) is 0 Å². The molecule has 1 amide bonds. The predicted molar refractivity (Wildman–Crippen MR) is 102 cm³/mol. The number of imidazole rings is 1. The molecule has 1 aliphatic heterocycles. The van der Waals surface area contributed by atoms with Crippen LogP contribution >= 0.6 is 0 Å². The molecule has 0 radical (unpaired) electrons. The minimum atomic E-state index is -0.434. The van der Waals surface area contributed by atoms with Crippen LogP contribution in [0.1, 0.15) is 10.4 Å². The highest BCUT2D eigenvalue weighted by molar-refractivity contribution is 5.93. The van der Waals surface area contributed by atoms with E-state index in [1.807, 2.05) is 34.9 Å². The van der Waals surface area contributed by atoms with Crippen molar-refractivity contribution in [2.75, 3.05) is 39.5 Å². The first-order valence-corrected chi connectivity index (χ1v) is 9.01. The number of fused-ring (bicyclic) bond motifs is 1. The quantitative estimate of drug-likeness (QED) is 0.720. The van der Waals surface area contributed by atoms with Crippen molar-refractivity contribution >= 4 is 16.9 Å². The highest BCUT2D eigenvalue weighted by Gasteiger charge is 2.11. The number of benzene rings is 2. The average Bonchev–Trinajstić information content (AvgIpc) is 3.12. The summed E-state index contributed by atoms with van der Waals surface area (Å²) in [5.74, 6) is 0.376. The number of hydrogen-bond donors (Lipinski definition) is 1. The number of primary amides is 1. The second-order valence-corrected chi connectivity index (χ2v) is 6.48. The van der Waals surface area contributed by atoms with Crippen LogP contribution < -0.4 is 10.5 Å². The van der Waals surface area contributed by atoms with Crippen molar-refractivity contribution in [3.05, 3.63) is 54.4 Å². The molecule has 2 aromatic carbocycles. The molecule has 1 aromatic heterocycles. The Kier molecular flexibility index (Phi) is 5.04. The van der Waals surface area contributed by atoms with Crippen LogP contribution in [0.3, 0.4) is 0 Å². The topological polar surface area (TPSA) is 82.6 Å². The summed E-state index contributed by atoms with van der Waals surface area (Å²) >= 11 is 0. The molecular formula is C20H22N4O3. The number of aromatic nitrogens is 2. The van der Waals surface area contributed by atoms with E-state index in [1.54, 1.807) is 18.5 Å². The third kappa shape index (κ3) is 3.94. The highest BCUT2D eigenvalue weighted by Crippen LogP contribution is 2.23. The second kappa shape index (κ2) is 7.77. The number of morpholine rings is 1. The van der Waals surface area contributed by atoms with Gasteiger partial charge in [0.15, 0.2) is 0 Å². The van der Waals surface area contributed by atoms with Gasteiger partial charge in [-0.2, -0.15) is 0 Å². The largest absolute Gasteiger partial charge is 0.492 e. The summed E-state index contributed by atoms with van der Waals surface area (Å²) in [4.78, 5) is 18.0. The van der Waals surface area contributed by atoms with Gasteiger partial charge in [-0.25, -0.2) is 4.98 Å². The summed E-state index contributed by atoms with van der Waals surface area (Å²) in [6.45, 7) is 5.04. The Morgan fingerprint density at radius 3 is 2.67 bits per heavy atom. The van der Waals surface area contributed by atoms with Crippen molar-refractivity contribution in [3.8, 4) is 11.4 Å². The first-order valence-electron chi connectivity index (χ1n) is 9.01. The van der Waals surface area contributed by atoms with Crippen molar-refractivity contribution in [3.63, 3.8) is 0 Å². The van der Waals surface area contributed by atoms with E-state index in [0.717, 1.165) is 55.3 Å². The average molecular weight is 366 g/mol. The fraction of sp³-hybridized carbons (Fsp3) is 0.300. The van der Waals surface area contributed by atoms with Crippen LogP contribution in [0.4, 0.5) is 0 Å². The fourth-order valence-electron chi connectivity index (χ4n) is 3.19. The van der Waals surface area contributed by atoms with Gasteiger partial charge < -0.3 is 15.2 Å². The zero-order valence-electron chi connectivity index (χ0n) is 15.0. The molecule has 7 heteroatoms. The van der Waals surface area contributed by atoms with Crippen LogP contribution in [0.25, 0.3) is 16.7 Å². The molecule has 0 saturated carbocycles. The van der Waals surface area contributed by atoms with Gasteiger partial charge in [-0.05, 0) is 36.4 Å². The smallest absolute Gasteiger partial charge is 0.248 e. The minimum absolute atomic E-state index is 0.434. The van der Waals surface area contributed by atoms with E-state index >= 15 is 0 Å². The third-order valence-electron chi connectivity index (χ3n) is 4.73. The van der Waals surface area contributed by atoms with Crippen molar-refractivity contribution in [2.45, 2.75) is 0 Å². The van der Waals surface area contributed by atoms with Crippen molar-refractivity contribution < 1.29 is 14.3 Å². The maximum Gasteiger partial charge on any atom is 0.248 e. The minimum Gasteiger partial charge on any atom is -0.492 e. The van der Waals surface area contributed by atoms with Gasteiger partial charge in [0.2, 0.25) is 5.91 Å². The van der Waals surface area contributed by atoms with E-state index in [1.165, 1.54) is 0 Å². The summed E-state index contributed by atoms with van der Waals surface area (Å²) in [6.07, 6.45) is 1.77. The number of nitrogens with two attached hydrogens (primary N) is 1. The molecule has 2 N–H and O–H groups in total. The molecule has 0 atom stereocenters. The Morgan fingerprint density at radius 2 is 1.93 bits per heavy atom. The maximum atomic E-state index is 11.2. The van der Waals surface area contributed by atoms with Gasteiger partial charge in [-0.1, -0.05) is 0 Å². The van der Waals surface area contributed by atoms with Gasteiger partial charge in [0.1, 0.15) is 18.7 Å². The number of rotatable bonds is 6. The molecule has 27 heavy (non-hydrogen) atoms. The lowest BCUT2D eigenvalue weighted by Crippen LogP contribution is -2.38. The number of hydrogen-bond acceptors (Lipinski definition) is 5. The number of carbonyl (C=O) groups is 1.